The number of aryl methyl sites for hydroxylation is 2. The minimum absolute atomic E-state index is 0.174. The molecule has 0 aliphatic carbocycles. The zero-order valence-corrected chi connectivity index (χ0v) is 19.9. The molecular weight excluding hydrogens is 444 g/mol. The van der Waals surface area contributed by atoms with Crippen LogP contribution in [0.5, 0.6) is 17.2 Å². The molecule has 0 atom stereocenters. The molecular formula is C24H28N2O6S. The lowest BCUT2D eigenvalue weighted by Gasteiger charge is -2.33. The van der Waals surface area contributed by atoms with Crippen molar-refractivity contribution in [2.24, 2.45) is 0 Å². The Morgan fingerprint density at radius 1 is 1.00 bits per heavy atom. The first kappa shape index (κ1) is 23.1. The molecule has 2 aliphatic heterocycles. The van der Waals surface area contributed by atoms with E-state index in [0.717, 1.165) is 16.7 Å². The molecule has 176 valence electrons. The first-order chi connectivity index (χ1) is 15.8. The van der Waals surface area contributed by atoms with Crippen LogP contribution in [0.15, 0.2) is 41.3 Å². The fourth-order valence-electron chi connectivity index (χ4n) is 3.83. The molecule has 2 heterocycles. The second kappa shape index (κ2) is 9.44. The third-order valence-corrected chi connectivity index (χ3v) is 7.83. The van der Waals surface area contributed by atoms with Gasteiger partial charge in [0.1, 0.15) is 13.2 Å². The van der Waals surface area contributed by atoms with Gasteiger partial charge in [-0.1, -0.05) is 6.07 Å². The molecule has 0 aromatic heterocycles. The van der Waals surface area contributed by atoms with Crippen LogP contribution in [0.2, 0.25) is 0 Å². The summed E-state index contributed by atoms with van der Waals surface area (Å²) in [7, 11) is -2.03. The van der Waals surface area contributed by atoms with Crippen molar-refractivity contribution in [2.45, 2.75) is 18.7 Å². The molecule has 1 amide bonds. The molecule has 0 unspecified atom stereocenters. The van der Waals surface area contributed by atoms with Gasteiger partial charge in [0.25, 0.3) is 0 Å². The molecule has 2 aromatic rings. The lowest BCUT2D eigenvalue weighted by atomic mass is 10.1. The number of hydrogen-bond acceptors (Lipinski definition) is 6. The van der Waals surface area contributed by atoms with Crippen molar-refractivity contribution in [1.82, 2.24) is 9.21 Å². The summed E-state index contributed by atoms with van der Waals surface area (Å²) in [5, 5.41) is 0. The molecule has 4 rings (SSSR count). The maximum absolute atomic E-state index is 13.0. The second-order valence-electron chi connectivity index (χ2n) is 8.06. The van der Waals surface area contributed by atoms with E-state index in [9.17, 15) is 13.2 Å². The summed E-state index contributed by atoms with van der Waals surface area (Å²) in [5.74, 6) is 1.52. The predicted octanol–water partition coefficient (Wildman–Crippen LogP) is 2.63. The molecule has 8 nitrogen and oxygen atoms in total. The van der Waals surface area contributed by atoms with Gasteiger partial charge in [-0.3, -0.25) is 4.79 Å². The van der Waals surface area contributed by atoms with E-state index in [4.69, 9.17) is 14.2 Å². The first-order valence-electron chi connectivity index (χ1n) is 10.8. The van der Waals surface area contributed by atoms with Crippen molar-refractivity contribution in [1.29, 1.82) is 0 Å². The Morgan fingerprint density at radius 3 is 2.42 bits per heavy atom. The second-order valence-corrected chi connectivity index (χ2v) is 9.99. The van der Waals surface area contributed by atoms with Gasteiger partial charge in [-0.2, -0.15) is 4.31 Å². The third-order valence-electron chi connectivity index (χ3n) is 5.94. The van der Waals surface area contributed by atoms with Crippen molar-refractivity contribution in [3.05, 3.63) is 53.1 Å². The number of carbonyl (C=O) groups excluding carboxylic acids is 1. The van der Waals surface area contributed by atoms with Crippen LogP contribution < -0.4 is 14.2 Å². The van der Waals surface area contributed by atoms with Gasteiger partial charge in [-0.25, -0.2) is 8.42 Å². The normalized spacial score (nSPS) is 16.8. The Labute approximate surface area is 194 Å². The molecule has 0 saturated carbocycles. The summed E-state index contributed by atoms with van der Waals surface area (Å²) in [6, 6.07) is 8.74. The summed E-state index contributed by atoms with van der Waals surface area (Å²) < 4.78 is 44.0. The van der Waals surface area contributed by atoms with E-state index in [1.807, 2.05) is 19.9 Å². The molecule has 0 radical (unpaired) electrons. The molecule has 0 N–H and O–H groups in total. The number of ether oxygens (including phenoxy) is 3. The van der Waals surface area contributed by atoms with Crippen LogP contribution in [0.3, 0.4) is 0 Å². The minimum atomic E-state index is -3.58. The topological polar surface area (TPSA) is 85.4 Å². The van der Waals surface area contributed by atoms with E-state index < -0.39 is 10.0 Å². The zero-order chi connectivity index (χ0) is 23.6. The van der Waals surface area contributed by atoms with Crippen LogP contribution in [0.1, 0.15) is 16.7 Å². The summed E-state index contributed by atoms with van der Waals surface area (Å²) in [5.41, 5.74) is 2.73. The number of carbonyl (C=O) groups is 1. The van der Waals surface area contributed by atoms with Crippen molar-refractivity contribution in [3.8, 4) is 17.2 Å². The molecule has 1 fully saturated rings. The number of nitrogens with zero attached hydrogens (tertiary/aromatic N) is 2. The van der Waals surface area contributed by atoms with E-state index >= 15 is 0 Å². The molecule has 0 spiro atoms. The Bertz CT molecular complexity index is 1170. The highest BCUT2D eigenvalue weighted by atomic mass is 32.2. The maximum Gasteiger partial charge on any atom is 0.246 e. The molecule has 1 saturated heterocycles. The monoisotopic (exact) mass is 472 g/mol. The molecule has 9 heteroatoms. The number of methoxy groups -OCH3 is 1. The SMILES string of the molecule is COc1cc(/C=C/C(=O)N2CCN(S(=O)(=O)c3ccc(C)c(C)c3)CC2)cc2c1OCCO2. The standard InChI is InChI=1S/C24H28N2O6S/c1-17-4-6-20(14-18(17)2)33(28,29)26-10-8-25(9-11-26)23(27)7-5-19-15-21(30-3)24-22(16-19)31-12-13-32-24/h4-7,14-16H,8-13H2,1-3H3/b7-5+. The van der Waals surface area contributed by atoms with E-state index in [1.54, 1.807) is 42.4 Å². The summed E-state index contributed by atoms with van der Waals surface area (Å²) in [6.45, 7) is 5.94. The highest BCUT2D eigenvalue weighted by Crippen LogP contribution is 2.40. The predicted molar refractivity (Wildman–Crippen MR) is 124 cm³/mol. The van der Waals surface area contributed by atoms with E-state index in [-0.39, 0.29) is 23.9 Å². The highest BCUT2D eigenvalue weighted by Gasteiger charge is 2.29. The lowest BCUT2D eigenvalue weighted by Crippen LogP contribution is -2.50. The smallest absolute Gasteiger partial charge is 0.246 e. The summed E-state index contributed by atoms with van der Waals surface area (Å²) in [6.07, 6.45) is 3.18. The van der Waals surface area contributed by atoms with E-state index in [2.05, 4.69) is 0 Å². The Balaban J connectivity index is 1.40. The van der Waals surface area contributed by atoms with Crippen molar-refractivity contribution >= 4 is 22.0 Å². The largest absolute Gasteiger partial charge is 0.493 e. The molecule has 2 aliphatic rings. The number of rotatable bonds is 5. The van der Waals surface area contributed by atoms with Crippen LogP contribution in [0.4, 0.5) is 0 Å². The third kappa shape index (κ3) is 4.84. The van der Waals surface area contributed by atoms with Gasteiger partial charge in [0.2, 0.25) is 21.7 Å². The van der Waals surface area contributed by atoms with Crippen LogP contribution in [-0.4, -0.2) is 70.0 Å². The van der Waals surface area contributed by atoms with Crippen LogP contribution in [0.25, 0.3) is 6.08 Å². The Kier molecular flexibility index (Phi) is 6.62. The van der Waals surface area contributed by atoms with Gasteiger partial charge in [0, 0.05) is 32.3 Å². The average Bonchev–Trinajstić information content (AvgIpc) is 2.83. The molecule has 0 bridgehead atoms. The fraction of sp³-hybridized carbons (Fsp3) is 0.375. The van der Waals surface area contributed by atoms with Gasteiger partial charge in [0.05, 0.1) is 12.0 Å². The minimum Gasteiger partial charge on any atom is -0.493 e. The van der Waals surface area contributed by atoms with E-state index in [1.165, 1.54) is 10.4 Å². The summed E-state index contributed by atoms with van der Waals surface area (Å²) in [4.78, 5) is 14.6. The van der Waals surface area contributed by atoms with Gasteiger partial charge in [-0.05, 0) is 60.9 Å². The van der Waals surface area contributed by atoms with Crippen molar-refractivity contribution in [2.75, 3.05) is 46.5 Å². The number of fused-ring (bicyclic) bond motifs is 1. The highest BCUT2D eigenvalue weighted by molar-refractivity contribution is 7.89. The molecule has 2 aromatic carbocycles. The average molecular weight is 473 g/mol. The van der Waals surface area contributed by atoms with Gasteiger partial charge < -0.3 is 19.1 Å². The van der Waals surface area contributed by atoms with Gasteiger partial charge in [0.15, 0.2) is 11.5 Å². The lowest BCUT2D eigenvalue weighted by molar-refractivity contribution is -0.127. The maximum atomic E-state index is 13.0. The number of sulfonamides is 1. The van der Waals surface area contributed by atoms with Crippen LogP contribution in [0, 0.1) is 13.8 Å². The first-order valence-corrected chi connectivity index (χ1v) is 12.3. The number of piperazine rings is 1. The Hall–Kier alpha value is -3.04. The van der Waals surface area contributed by atoms with Crippen molar-refractivity contribution < 1.29 is 27.4 Å². The molecule has 33 heavy (non-hydrogen) atoms. The van der Waals surface area contributed by atoms with E-state index in [0.29, 0.717) is 43.6 Å². The number of amides is 1. The van der Waals surface area contributed by atoms with Gasteiger partial charge in [-0.15, -0.1) is 0 Å². The van der Waals surface area contributed by atoms with Crippen LogP contribution in [-0.2, 0) is 14.8 Å². The summed E-state index contributed by atoms with van der Waals surface area (Å²) >= 11 is 0. The van der Waals surface area contributed by atoms with Gasteiger partial charge >= 0.3 is 0 Å². The fourth-order valence-corrected chi connectivity index (χ4v) is 5.34. The van der Waals surface area contributed by atoms with Crippen molar-refractivity contribution in [3.63, 3.8) is 0 Å². The Morgan fingerprint density at radius 2 is 1.73 bits per heavy atom. The number of hydrogen-bond donors (Lipinski definition) is 0. The van der Waals surface area contributed by atoms with Crippen LogP contribution >= 0.6 is 0 Å². The number of benzene rings is 2. The quantitative estimate of drug-likeness (QED) is 0.622. The zero-order valence-electron chi connectivity index (χ0n) is 19.0.